The molecule has 1 heterocycles. The minimum atomic E-state index is -0.729. The molecule has 3 rings (SSSR count). The van der Waals surface area contributed by atoms with E-state index in [1.807, 2.05) is 30.3 Å². The van der Waals surface area contributed by atoms with Crippen molar-refractivity contribution in [3.05, 3.63) is 71.3 Å². The van der Waals surface area contributed by atoms with Gasteiger partial charge in [0, 0.05) is 31.3 Å². The highest BCUT2D eigenvalue weighted by molar-refractivity contribution is 5.85. The number of ether oxygens (including phenoxy) is 1. The number of carbonyl (C=O) groups is 2. The summed E-state index contributed by atoms with van der Waals surface area (Å²) >= 11 is 0. The standard InChI is InChI=1S/C22H25F2N3O3/c1-15(18-8-7-17(23)13-20(18)24)26-22(29)25-14-19(16-5-3-2-4-6-16)21(28)27-9-11-30-12-10-27/h2-8,13,15,19H,9-12,14H2,1H3,(H2,25,26,29). The van der Waals surface area contributed by atoms with Crippen LogP contribution in [0.3, 0.4) is 0 Å². The first-order valence-corrected chi connectivity index (χ1v) is 9.86. The molecule has 1 fully saturated rings. The molecule has 1 aliphatic rings. The van der Waals surface area contributed by atoms with Crippen LogP contribution in [0, 0.1) is 11.6 Å². The summed E-state index contributed by atoms with van der Waals surface area (Å²) in [4.78, 5) is 27.2. The van der Waals surface area contributed by atoms with E-state index in [9.17, 15) is 18.4 Å². The van der Waals surface area contributed by atoms with Gasteiger partial charge in [-0.25, -0.2) is 13.6 Å². The third-order valence-corrected chi connectivity index (χ3v) is 5.07. The van der Waals surface area contributed by atoms with Gasteiger partial charge in [-0.3, -0.25) is 4.79 Å². The molecule has 1 aliphatic heterocycles. The van der Waals surface area contributed by atoms with Gasteiger partial charge >= 0.3 is 6.03 Å². The van der Waals surface area contributed by atoms with Crippen molar-refractivity contribution in [3.63, 3.8) is 0 Å². The van der Waals surface area contributed by atoms with Crippen molar-refractivity contribution in [2.45, 2.75) is 18.9 Å². The Balaban J connectivity index is 1.64. The Hall–Kier alpha value is -3.00. The van der Waals surface area contributed by atoms with Crippen molar-refractivity contribution < 1.29 is 23.1 Å². The maximum Gasteiger partial charge on any atom is 0.315 e. The Morgan fingerprint density at radius 1 is 1.10 bits per heavy atom. The second-order valence-corrected chi connectivity index (χ2v) is 7.14. The number of urea groups is 1. The van der Waals surface area contributed by atoms with Gasteiger partial charge in [-0.05, 0) is 18.6 Å². The molecule has 3 amide bonds. The topological polar surface area (TPSA) is 70.7 Å². The minimum Gasteiger partial charge on any atom is -0.378 e. The Morgan fingerprint density at radius 2 is 1.80 bits per heavy atom. The summed E-state index contributed by atoms with van der Waals surface area (Å²) in [5.74, 6) is -2.04. The van der Waals surface area contributed by atoms with Crippen molar-refractivity contribution in [2.75, 3.05) is 32.8 Å². The second kappa shape index (κ2) is 10.2. The van der Waals surface area contributed by atoms with Crippen molar-refractivity contribution in [2.24, 2.45) is 0 Å². The maximum absolute atomic E-state index is 13.9. The summed E-state index contributed by atoms with van der Waals surface area (Å²) < 4.78 is 32.3. The minimum absolute atomic E-state index is 0.0811. The number of hydrogen-bond acceptors (Lipinski definition) is 3. The molecule has 1 saturated heterocycles. The van der Waals surface area contributed by atoms with Gasteiger partial charge in [0.15, 0.2) is 0 Å². The van der Waals surface area contributed by atoms with E-state index in [0.717, 1.165) is 17.7 Å². The van der Waals surface area contributed by atoms with E-state index in [4.69, 9.17) is 4.74 Å². The lowest BCUT2D eigenvalue weighted by atomic mass is 9.97. The summed E-state index contributed by atoms with van der Waals surface area (Å²) in [5, 5.41) is 5.33. The number of halogens is 2. The molecule has 0 aliphatic carbocycles. The zero-order chi connectivity index (χ0) is 21.5. The SMILES string of the molecule is CC(NC(=O)NCC(C(=O)N1CCOCC1)c1ccccc1)c1ccc(F)cc1F. The Morgan fingerprint density at radius 3 is 2.47 bits per heavy atom. The molecule has 0 radical (unpaired) electrons. The van der Waals surface area contributed by atoms with Crippen molar-refractivity contribution in [1.29, 1.82) is 0 Å². The highest BCUT2D eigenvalue weighted by Crippen LogP contribution is 2.20. The smallest absolute Gasteiger partial charge is 0.315 e. The predicted octanol–water partition coefficient (Wildman–Crippen LogP) is 2.97. The quantitative estimate of drug-likeness (QED) is 0.759. The maximum atomic E-state index is 13.9. The van der Waals surface area contributed by atoms with Crippen molar-refractivity contribution in [3.8, 4) is 0 Å². The van der Waals surface area contributed by atoms with Crippen molar-refractivity contribution in [1.82, 2.24) is 15.5 Å². The van der Waals surface area contributed by atoms with E-state index < -0.39 is 29.6 Å². The largest absolute Gasteiger partial charge is 0.378 e. The lowest BCUT2D eigenvalue weighted by Gasteiger charge is -2.31. The first kappa shape index (κ1) is 21.7. The van der Waals surface area contributed by atoms with E-state index in [0.29, 0.717) is 26.3 Å². The third-order valence-electron chi connectivity index (χ3n) is 5.07. The van der Waals surface area contributed by atoms with Crippen LogP contribution in [0.4, 0.5) is 13.6 Å². The van der Waals surface area contributed by atoms with Gasteiger partial charge < -0.3 is 20.3 Å². The molecule has 160 valence electrons. The predicted molar refractivity (Wildman–Crippen MR) is 108 cm³/mol. The zero-order valence-electron chi connectivity index (χ0n) is 16.7. The van der Waals surface area contributed by atoms with Crippen LogP contribution in [-0.4, -0.2) is 49.7 Å². The first-order valence-electron chi connectivity index (χ1n) is 9.86. The monoisotopic (exact) mass is 417 g/mol. The van der Waals surface area contributed by atoms with E-state index in [-0.39, 0.29) is 18.0 Å². The summed E-state index contributed by atoms with van der Waals surface area (Å²) in [6.45, 7) is 3.68. The van der Waals surface area contributed by atoms with Crippen LogP contribution in [0.5, 0.6) is 0 Å². The van der Waals surface area contributed by atoms with E-state index in [1.54, 1.807) is 11.8 Å². The molecule has 2 aromatic rings. The van der Waals surface area contributed by atoms with Crippen LogP contribution in [-0.2, 0) is 9.53 Å². The molecular weight excluding hydrogens is 392 g/mol. The fraction of sp³-hybridized carbons (Fsp3) is 0.364. The van der Waals surface area contributed by atoms with Gasteiger partial charge in [-0.1, -0.05) is 36.4 Å². The molecule has 0 aromatic heterocycles. The first-order chi connectivity index (χ1) is 14.5. The van der Waals surface area contributed by atoms with Gasteiger partial charge in [-0.15, -0.1) is 0 Å². The molecule has 8 heteroatoms. The van der Waals surface area contributed by atoms with Gasteiger partial charge in [0.25, 0.3) is 0 Å². The Kier molecular flexibility index (Phi) is 7.35. The lowest BCUT2D eigenvalue weighted by molar-refractivity contribution is -0.136. The Labute approximate surface area is 174 Å². The number of morpholine rings is 1. The van der Waals surface area contributed by atoms with Gasteiger partial charge in [0.1, 0.15) is 11.6 Å². The normalized spacial score (nSPS) is 15.9. The molecule has 2 unspecified atom stereocenters. The number of hydrogen-bond donors (Lipinski definition) is 2. The highest BCUT2D eigenvalue weighted by atomic mass is 19.1. The van der Waals surface area contributed by atoms with Crippen LogP contribution < -0.4 is 10.6 Å². The third kappa shape index (κ3) is 5.54. The van der Waals surface area contributed by atoms with E-state index in [2.05, 4.69) is 10.6 Å². The summed E-state index contributed by atoms with van der Waals surface area (Å²) in [6.07, 6.45) is 0. The molecule has 2 atom stereocenters. The van der Waals surface area contributed by atoms with Crippen LogP contribution >= 0.6 is 0 Å². The summed E-state index contributed by atoms with van der Waals surface area (Å²) in [7, 11) is 0. The van der Waals surface area contributed by atoms with Crippen LogP contribution in [0.1, 0.15) is 30.0 Å². The molecule has 6 nitrogen and oxygen atoms in total. The van der Waals surface area contributed by atoms with Crippen LogP contribution in [0.25, 0.3) is 0 Å². The number of benzene rings is 2. The number of rotatable bonds is 6. The summed E-state index contributed by atoms with van der Waals surface area (Å²) in [6, 6.07) is 11.2. The Bertz CT molecular complexity index is 873. The second-order valence-electron chi connectivity index (χ2n) is 7.14. The van der Waals surface area contributed by atoms with E-state index >= 15 is 0 Å². The molecule has 2 aromatic carbocycles. The van der Waals surface area contributed by atoms with Crippen molar-refractivity contribution >= 4 is 11.9 Å². The fourth-order valence-electron chi connectivity index (χ4n) is 3.41. The number of amides is 3. The molecule has 0 saturated carbocycles. The molecule has 2 N–H and O–H groups in total. The summed E-state index contributed by atoms with van der Waals surface area (Å²) in [5.41, 5.74) is 0.975. The molecule has 0 bridgehead atoms. The molecule has 0 spiro atoms. The van der Waals surface area contributed by atoms with Crippen LogP contribution in [0.2, 0.25) is 0 Å². The van der Waals surface area contributed by atoms with Crippen LogP contribution in [0.15, 0.2) is 48.5 Å². The van der Waals surface area contributed by atoms with E-state index in [1.165, 1.54) is 6.07 Å². The molecule has 30 heavy (non-hydrogen) atoms. The molecular formula is C22H25F2N3O3. The van der Waals surface area contributed by atoms with Gasteiger partial charge in [0.2, 0.25) is 5.91 Å². The highest BCUT2D eigenvalue weighted by Gasteiger charge is 2.27. The average Bonchev–Trinajstić information content (AvgIpc) is 2.75. The number of carbonyl (C=O) groups excluding carboxylic acids is 2. The lowest BCUT2D eigenvalue weighted by Crippen LogP contribution is -2.47. The fourth-order valence-corrected chi connectivity index (χ4v) is 3.41. The zero-order valence-corrected chi connectivity index (χ0v) is 16.7. The average molecular weight is 417 g/mol. The van der Waals surface area contributed by atoms with Gasteiger partial charge in [0.05, 0.1) is 25.2 Å². The van der Waals surface area contributed by atoms with Gasteiger partial charge in [-0.2, -0.15) is 0 Å². The number of nitrogens with one attached hydrogen (secondary N) is 2. The number of nitrogens with zero attached hydrogens (tertiary/aromatic N) is 1.